The number of rotatable bonds is 6. The number of urea groups is 1. The summed E-state index contributed by atoms with van der Waals surface area (Å²) in [5.74, 6) is 1.54. The zero-order chi connectivity index (χ0) is 27.0. The first-order valence-corrected chi connectivity index (χ1v) is 13.9. The number of hydrazone groups is 1. The van der Waals surface area contributed by atoms with Gasteiger partial charge in [-0.15, -0.1) is 0 Å². The number of nitrogens with one attached hydrogen (secondary N) is 2. The maximum absolute atomic E-state index is 13.0. The molecule has 39 heavy (non-hydrogen) atoms. The molecule has 4 saturated carbocycles. The molecule has 0 radical (unpaired) electrons. The molecule has 0 spiro atoms. The maximum atomic E-state index is 13.0. The van der Waals surface area contributed by atoms with Crippen LogP contribution in [0.15, 0.2) is 77.9 Å². The largest absolute Gasteiger partial charge is 0.427 e. The van der Waals surface area contributed by atoms with Crippen molar-refractivity contribution in [3.8, 4) is 16.9 Å². The van der Waals surface area contributed by atoms with Gasteiger partial charge in [0, 0.05) is 12.5 Å². The van der Waals surface area contributed by atoms with Gasteiger partial charge in [0.1, 0.15) is 5.75 Å². The van der Waals surface area contributed by atoms with Crippen molar-refractivity contribution in [3.63, 3.8) is 0 Å². The van der Waals surface area contributed by atoms with Crippen molar-refractivity contribution in [1.29, 1.82) is 0 Å². The van der Waals surface area contributed by atoms with Gasteiger partial charge in [-0.2, -0.15) is 5.10 Å². The number of carbonyl (C=O) groups excluding carboxylic acids is 2. The van der Waals surface area contributed by atoms with Crippen LogP contribution >= 0.6 is 0 Å². The molecule has 2 unspecified atom stereocenters. The molecular formula is C33H35N3O3. The Kier molecular flexibility index (Phi) is 6.49. The highest BCUT2D eigenvalue weighted by molar-refractivity contribution is 5.83. The lowest BCUT2D eigenvalue weighted by Crippen LogP contribution is -2.65. The fraction of sp³-hybridized carbons (Fsp3) is 0.364. The van der Waals surface area contributed by atoms with E-state index < -0.39 is 0 Å². The van der Waals surface area contributed by atoms with Crippen molar-refractivity contribution in [2.75, 3.05) is 0 Å². The average molecular weight is 522 g/mol. The third-order valence-electron chi connectivity index (χ3n) is 8.84. The summed E-state index contributed by atoms with van der Waals surface area (Å²) in [4.78, 5) is 24.1. The molecule has 2 amide bonds. The summed E-state index contributed by atoms with van der Waals surface area (Å²) in [6, 6.07) is 24.2. The third kappa shape index (κ3) is 5.33. The Labute approximate surface area is 229 Å². The molecule has 6 heteroatoms. The van der Waals surface area contributed by atoms with Gasteiger partial charge >= 0.3 is 12.0 Å². The van der Waals surface area contributed by atoms with Crippen LogP contribution < -0.4 is 15.5 Å². The fourth-order valence-electron chi connectivity index (χ4n) is 7.73. The second kappa shape index (κ2) is 9.99. The predicted molar refractivity (Wildman–Crippen MR) is 153 cm³/mol. The Hall–Kier alpha value is -3.93. The predicted octanol–water partition coefficient (Wildman–Crippen LogP) is 6.51. The van der Waals surface area contributed by atoms with Gasteiger partial charge in [-0.05, 0) is 97.1 Å². The SMILES string of the molecule is CC(=O)Oc1ccc(-c2ccc(/C=N/NC(=O)NC34CC5CC(C3)CC(c3ccc(C)cc3)(C5)C4)cc2)cc1. The van der Waals surface area contributed by atoms with E-state index in [9.17, 15) is 9.59 Å². The highest BCUT2D eigenvalue weighted by Gasteiger charge is 2.58. The molecule has 4 bridgehead atoms. The van der Waals surface area contributed by atoms with Gasteiger partial charge in [-0.1, -0.05) is 66.2 Å². The van der Waals surface area contributed by atoms with E-state index in [0.29, 0.717) is 17.6 Å². The first-order chi connectivity index (χ1) is 18.8. The lowest BCUT2D eigenvalue weighted by Gasteiger charge is -2.62. The molecule has 200 valence electrons. The van der Waals surface area contributed by atoms with Crippen LogP contribution in [0.1, 0.15) is 62.1 Å². The van der Waals surface area contributed by atoms with Crippen LogP contribution in [-0.4, -0.2) is 23.8 Å². The molecule has 2 atom stereocenters. The first kappa shape index (κ1) is 25.4. The van der Waals surface area contributed by atoms with Crippen molar-refractivity contribution >= 4 is 18.2 Å². The Balaban J connectivity index is 1.08. The molecule has 3 aromatic rings. The fourth-order valence-corrected chi connectivity index (χ4v) is 7.73. The lowest BCUT2D eigenvalue weighted by molar-refractivity contribution is -0.131. The quantitative estimate of drug-likeness (QED) is 0.168. The molecule has 0 aromatic heterocycles. The number of esters is 1. The van der Waals surface area contributed by atoms with Crippen molar-refractivity contribution < 1.29 is 14.3 Å². The highest BCUT2D eigenvalue weighted by Crippen LogP contribution is 2.62. The minimum atomic E-state index is -0.335. The first-order valence-electron chi connectivity index (χ1n) is 13.9. The number of benzene rings is 3. The number of amides is 2. The molecule has 0 aliphatic heterocycles. The van der Waals surface area contributed by atoms with E-state index in [4.69, 9.17) is 4.74 Å². The van der Waals surface area contributed by atoms with Gasteiger partial charge in [0.2, 0.25) is 0 Å². The van der Waals surface area contributed by atoms with Crippen molar-refractivity contribution in [3.05, 3.63) is 89.5 Å². The summed E-state index contributed by atoms with van der Waals surface area (Å²) in [7, 11) is 0. The smallest absolute Gasteiger partial charge is 0.335 e. The molecule has 3 aromatic carbocycles. The van der Waals surface area contributed by atoms with E-state index in [1.807, 2.05) is 36.4 Å². The van der Waals surface area contributed by atoms with Gasteiger partial charge in [0.25, 0.3) is 0 Å². The van der Waals surface area contributed by atoms with Crippen molar-refractivity contribution in [2.24, 2.45) is 16.9 Å². The van der Waals surface area contributed by atoms with Gasteiger partial charge in [-0.25, -0.2) is 10.2 Å². The van der Waals surface area contributed by atoms with Crippen molar-refractivity contribution in [2.45, 2.75) is 63.3 Å². The van der Waals surface area contributed by atoms with Gasteiger partial charge in [-0.3, -0.25) is 4.79 Å². The zero-order valence-corrected chi connectivity index (χ0v) is 22.6. The lowest BCUT2D eigenvalue weighted by atomic mass is 9.45. The molecule has 2 N–H and O–H groups in total. The van der Waals surface area contributed by atoms with Crippen molar-refractivity contribution in [1.82, 2.24) is 10.7 Å². The summed E-state index contributed by atoms with van der Waals surface area (Å²) in [6.45, 7) is 3.52. The second-order valence-electron chi connectivity index (χ2n) is 12.0. The maximum Gasteiger partial charge on any atom is 0.335 e. The van der Waals surface area contributed by atoms with Gasteiger partial charge < -0.3 is 10.1 Å². The molecule has 6 nitrogen and oxygen atoms in total. The van der Waals surface area contributed by atoms with Crippen LogP contribution in [0.5, 0.6) is 5.75 Å². The Morgan fingerprint density at radius 3 is 2.10 bits per heavy atom. The number of hydrogen-bond acceptors (Lipinski definition) is 4. The number of hydrogen-bond donors (Lipinski definition) is 2. The van der Waals surface area contributed by atoms with E-state index in [0.717, 1.165) is 36.0 Å². The average Bonchev–Trinajstić information content (AvgIpc) is 2.88. The number of carbonyl (C=O) groups is 2. The summed E-state index contributed by atoms with van der Waals surface area (Å²) < 4.78 is 5.10. The van der Waals surface area contributed by atoms with Crippen LogP contribution in [0.3, 0.4) is 0 Å². The topological polar surface area (TPSA) is 79.8 Å². The van der Waals surface area contributed by atoms with Gasteiger partial charge in [0.15, 0.2) is 0 Å². The molecule has 4 fully saturated rings. The summed E-state index contributed by atoms with van der Waals surface area (Å²) in [6.07, 6.45) is 8.58. The number of aryl methyl sites for hydroxylation is 1. The van der Waals surface area contributed by atoms with E-state index in [2.05, 4.69) is 47.0 Å². The summed E-state index contributed by atoms with van der Waals surface area (Å²) in [5, 5.41) is 7.60. The van der Waals surface area contributed by atoms with E-state index >= 15 is 0 Å². The molecule has 4 aliphatic rings. The summed E-state index contributed by atoms with van der Waals surface area (Å²) >= 11 is 0. The summed E-state index contributed by atoms with van der Waals surface area (Å²) in [5.41, 5.74) is 8.42. The second-order valence-corrected chi connectivity index (χ2v) is 12.0. The highest BCUT2D eigenvalue weighted by atomic mass is 16.5. The molecule has 7 rings (SSSR count). The molecule has 0 heterocycles. The number of nitrogens with zero attached hydrogens (tertiary/aromatic N) is 1. The third-order valence-corrected chi connectivity index (χ3v) is 8.84. The molecule has 0 saturated heterocycles. The number of ether oxygens (including phenoxy) is 1. The van der Waals surface area contributed by atoms with E-state index in [1.54, 1.807) is 18.3 Å². The van der Waals surface area contributed by atoms with E-state index in [-0.39, 0.29) is 23.0 Å². The Morgan fingerprint density at radius 2 is 1.49 bits per heavy atom. The van der Waals surface area contributed by atoms with Crippen LogP contribution in [-0.2, 0) is 10.2 Å². The standard InChI is InChI=1S/C33H35N3O3/c1-22-3-11-29(12-4-22)32-16-25-15-26(17-32)19-33(18-25,21-32)35-31(38)36-34-20-24-5-7-27(8-6-24)28-9-13-30(14-10-28)39-23(2)37/h3-14,20,25-26H,15-19,21H2,1-2H3,(H2,35,36,38)/b34-20+. The normalized spacial score (nSPS) is 26.9. The monoisotopic (exact) mass is 521 g/mol. The van der Waals surface area contributed by atoms with Crippen LogP contribution in [0.2, 0.25) is 0 Å². The Bertz CT molecular complexity index is 1380. The molecular weight excluding hydrogens is 486 g/mol. The van der Waals surface area contributed by atoms with Gasteiger partial charge in [0.05, 0.1) is 6.21 Å². The van der Waals surface area contributed by atoms with Crippen LogP contribution in [0.4, 0.5) is 4.79 Å². The van der Waals surface area contributed by atoms with E-state index in [1.165, 1.54) is 37.3 Å². The Morgan fingerprint density at radius 1 is 0.872 bits per heavy atom. The van der Waals surface area contributed by atoms with Crippen LogP contribution in [0.25, 0.3) is 11.1 Å². The zero-order valence-electron chi connectivity index (χ0n) is 22.6. The minimum absolute atomic E-state index is 0.152. The van der Waals surface area contributed by atoms with Crippen LogP contribution in [0, 0.1) is 18.8 Å². The minimum Gasteiger partial charge on any atom is -0.427 e. The molecule has 4 aliphatic carbocycles.